The first-order chi connectivity index (χ1) is 9.34. The highest BCUT2D eigenvalue weighted by molar-refractivity contribution is 7.88. The normalized spacial score (nSPS) is 11.6. The van der Waals surface area contributed by atoms with E-state index < -0.39 is 16.0 Å². The minimum atomic E-state index is -3.20. The molecule has 112 valence electrons. The predicted molar refractivity (Wildman–Crippen MR) is 73.2 cm³/mol. The van der Waals surface area contributed by atoms with Gasteiger partial charge in [-0.2, -0.15) is 4.39 Å². The van der Waals surface area contributed by atoms with Crippen LogP contribution in [-0.2, 0) is 10.0 Å². The average molecular weight is 303 g/mol. The molecule has 1 N–H and O–H groups in total. The van der Waals surface area contributed by atoms with E-state index >= 15 is 0 Å². The van der Waals surface area contributed by atoms with Gasteiger partial charge in [-0.25, -0.2) is 17.7 Å². The number of sulfonamides is 1. The molecule has 1 aromatic heterocycles. The largest absolute Gasteiger partial charge is 0.352 e. The number of carbonyl (C=O) groups excluding carboxylic acids is 1. The lowest BCUT2D eigenvalue weighted by Crippen LogP contribution is -2.33. The number of nitrogens with zero attached hydrogens (tertiary/aromatic N) is 2. The Bertz CT molecular complexity index is 546. The molecule has 0 saturated heterocycles. The minimum absolute atomic E-state index is 0.266. The van der Waals surface area contributed by atoms with Crippen molar-refractivity contribution in [3.8, 4) is 0 Å². The van der Waals surface area contributed by atoms with Gasteiger partial charge in [0.25, 0.3) is 5.91 Å². The van der Waals surface area contributed by atoms with Crippen molar-refractivity contribution < 1.29 is 17.6 Å². The van der Waals surface area contributed by atoms with E-state index in [0.29, 0.717) is 26.1 Å². The Balaban J connectivity index is 2.37. The monoisotopic (exact) mass is 303 g/mol. The Morgan fingerprint density at radius 3 is 2.65 bits per heavy atom. The van der Waals surface area contributed by atoms with E-state index in [0.717, 1.165) is 18.5 Å². The van der Waals surface area contributed by atoms with Gasteiger partial charge in [-0.15, -0.1) is 0 Å². The third-order valence-electron chi connectivity index (χ3n) is 2.68. The Kier molecular flexibility index (Phi) is 6.03. The van der Waals surface area contributed by atoms with E-state index in [4.69, 9.17) is 0 Å². The second-order valence-electron chi connectivity index (χ2n) is 4.23. The van der Waals surface area contributed by atoms with Crippen LogP contribution in [0.3, 0.4) is 0 Å². The third-order valence-corrected chi connectivity index (χ3v) is 4.06. The lowest BCUT2D eigenvalue weighted by Gasteiger charge is -2.17. The fourth-order valence-electron chi connectivity index (χ4n) is 1.63. The topological polar surface area (TPSA) is 79.4 Å². The van der Waals surface area contributed by atoms with Crippen LogP contribution in [0, 0.1) is 5.95 Å². The second kappa shape index (κ2) is 7.30. The van der Waals surface area contributed by atoms with Crippen molar-refractivity contribution in [3.05, 3.63) is 29.8 Å². The molecule has 8 heteroatoms. The first kappa shape index (κ1) is 16.5. The molecule has 0 bridgehead atoms. The second-order valence-corrected chi connectivity index (χ2v) is 6.22. The van der Waals surface area contributed by atoms with Gasteiger partial charge in [-0.3, -0.25) is 4.79 Å². The van der Waals surface area contributed by atoms with Gasteiger partial charge in [0.1, 0.15) is 0 Å². The lowest BCUT2D eigenvalue weighted by atomic mass is 10.2. The van der Waals surface area contributed by atoms with Crippen LogP contribution >= 0.6 is 0 Å². The molecule has 1 aromatic rings. The summed E-state index contributed by atoms with van der Waals surface area (Å²) in [7, 11) is -3.20. The average Bonchev–Trinajstić information content (AvgIpc) is 2.37. The number of hydrogen-bond acceptors (Lipinski definition) is 4. The van der Waals surface area contributed by atoms with Gasteiger partial charge in [0.2, 0.25) is 16.0 Å². The van der Waals surface area contributed by atoms with Crippen molar-refractivity contribution in [1.29, 1.82) is 0 Å². The Morgan fingerprint density at radius 1 is 1.45 bits per heavy atom. The summed E-state index contributed by atoms with van der Waals surface area (Å²) >= 11 is 0. The maximum atomic E-state index is 12.6. The smallest absolute Gasteiger partial charge is 0.252 e. The van der Waals surface area contributed by atoms with Crippen molar-refractivity contribution in [2.24, 2.45) is 0 Å². The summed E-state index contributed by atoms with van der Waals surface area (Å²) in [5.74, 6) is -1.01. The van der Waals surface area contributed by atoms with Crippen molar-refractivity contribution in [3.63, 3.8) is 0 Å². The number of pyridine rings is 1. The molecular weight excluding hydrogens is 285 g/mol. The van der Waals surface area contributed by atoms with Crippen LogP contribution in [0.2, 0.25) is 0 Å². The zero-order valence-electron chi connectivity index (χ0n) is 11.5. The van der Waals surface area contributed by atoms with Crippen LogP contribution in [0.4, 0.5) is 4.39 Å². The highest BCUT2D eigenvalue weighted by atomic mass is 32.2. The van der Waals surface area contributed by atoms with Gasteiger partial charge in [0, 0.05) is 25.8 Å². The van der Waals surface area contributed by atoms with E-state index in [2.05, 4.69) is 10.3 Å². The highest BCUT2D eigenvalue weighted by Crippen LogP contribution is 2.00. The molecule has 20 heavy (non-hydrogen) atoms. The van der Waals surface area contributed by atoms with Crippen LogP contribution < -0.4 is 5.32 Å². The summed E-state index contributed by atoms with van der Waals surface area (Å²) in [5.41, 5.74) is 0.266. The third kappa shape index (κ3) is 5.22. The standard InChI is InChI=1S/C12H18FN3O3S/c1-3-16(20(2,18)19)8-4-7-14-12(17)10-5-6-11(13)15-9-10/h5-6,9H,3-4,7-8H2,1-2H3,(H,14,17). The van der Waals surface area contributed by atoms with Gasteiger partial charge in [-0.05, 0) is 18.6 Å². The summed E-state index contributed by atoms with van der Waals surface area (Å²) < 4.78 is 36.6. The van der Waals surface area contributed by atoms with Crippen LogP contribution in [0.5, 0.6) is 0 Å². The molecule has 1 rings (SSSR count). The molecule has 0 aliphatic rings. The molecule has 0 saturated carbocycles. The Hall–Kier alpha value is -1.54. The van der Waals surface area contributed by atoms with Gasteiger partial charge in [-0.1, -0.05) is 6.92 Å². The predicted octanol–water partition coefficient (Wildman–Crippen LogP) is 0.622. The Labute approximate surface area is 118 Å². The molecule has 0 aromatic carbocycles. The minimum Gasteiger partial charge on any atom is -0.352 e. The molecule has 1 heterocycles. The summed E-state index contributed by atoms with van der Waals surface area (Å²) in [6.45, 7) is 2.83. The molecular formula is C12H18FN3O3S. The van der Waals surface area contributed by atoms with E-state index in [-0.39, 0.29) is 11.5 Å². The lowest BCUT2D eigenvalue weighted by molar-refractivity contribution is 0.0952. The molecule has 0 radical (unpaired) electrons. The molecule has 0 aliphatic carbocycles. The van der Waals surface area contributed by atoms with Crippen LogP contribution in [0.25, 0.3) is 0 Å². The number of hydrogen-bond donors (Lipinski definition) is 1. The fourth-order valence-corrected chi connectivity index (χ4v) is 2.56. The highest BCUT2D eigenvalue weighted by Gasteiger charge is 2.13. The fraction of sp³-hybridized carbons (Fsp3) is 0.500. The van der Waals surface area contributed by atoms with Gasteiger partial charge < -0.3 is 5.32 Å². The van der Waals surface area contributed by atoms with Crippen molar-refractivity contribution >= 4 is 15.9 Å². The molecule has 0 fully saturated rings. The van der Waals surface area contributed by atoms with Gasteiger partial charge >= 0.3 is 0 Å². The maximum Gasteiger partial charge on any atom is 0.252 e. The summed E-state index contributed by atoms with van der Waals surface area (Å²) in [6, 6.07) is 2.45. The SMILES string of the molecule is CCN(CCCNC(=O)c1ccc(F)nc1)S(C)(=O)=O. The molecule has 0 atom stereocenters. The first-order valence-electron chi connectivity index (χ1n) is 6.19. The zero-order valence-corrected chi connectivity index (χ0v) is 12.3. The number of rotatable bonds is 7. The summed E-state index contributed by atoms with van der Waals surface area (Å²) in [5, 5.41) is 2.63. The quantitative estimate of drug-likeness (QED) is 0.591. The number of nitrogens with one attached hydrogen (secondary N) is 1. The van der Waals surface area contributed by atoms with Crippen LogP contribution in [-0.4, -0.2) is 49.5 Å². The van der Waals surface area contributed by atoms with E-state index in [9.17, 15) is 17.6 Å². The molecule has 1 amide bonds. The van der Waals surface area contributed by atoms with Crippen molar-refractivity contribution in [2.45, 2.75) is 13.3 Å². The van der Waals surface area contributed by atoms with Crippen LogP contribution in [0.1, 0.15) is 23.7 Å². The van der Waals surface area contributed by atoms with E-state index in [1.165, 1.54) is 10.4 Å². The number of halogens is 1. The summed E-state index contributed by atoms with van der Waals surface area (Å²) in [4.78, 5) is 15.0. The van der Waals surface area contributed by atoms with Crippen LogP contribution in [0.15, 0.2) is 18.3 Å². The zero-order chi connectivity index (χ0) is 15.2. The Morgan fingerprint density at radius 2 is 2.15 bits per heavy atom. The first-order valence-corrected chi connectivity index (χ1v) is 8.04. The number of amides is 1. The summed E-state index contributed by atoms with van der Waals surface area (Å²) in [6.07, 6.45) is 2.81. The molecule has 6 nitrogen and oxygen atoms in total. The number of carbonyl (C=O) groups is 1. The van der Waals surface area contributed by atoms with Crippen molar-refractivity contribution in [2.75, 3.05) is 25.9 Å². The van der Waals surface area contributed by atoms with E-state index in [1.807, 2.05) is 0 Å². The maximum absolute atomic E-state index is 12.6. The molecule has 0 aliphatic heterocycles. The van der Waals surface area contributed by atoms with Gasteiger partial charge in [0.05, 0.1) is 11.8 Å². The number of aromatic nitrogens is 1. The van der Waals surface area contributed by atoms with Gasteiger partial charge in [0.15, 0.2) is 0 Å². The van der Waals surface area contributed by atoms with E-state index in [1.54, 1.807) is 6.92 Å². The van der Waals surface area contributed by atoms with Crippen molar-refractivity contribution in [1.82, 2.24) is 14.6 Å². The molecule has 0 spiro atoms. The molecule has 0 unspecified atom stereocenters.